The van der Waals surface area contributed by atoms with Gasteiger partial charge in [-0.3, -0.25) is 0 Å². The van der Waals surface area contributed by atoms with E-state index in [0.717, 1.165) is 10.0 Å². The molecule has 0 aliphatic heterocycles. The zero-order valence-corrected chi connectivity index (χ0v) is 8.65. The molecule has 0 aromatic carbocycles. The van der Waals surface area contributed by atoms with Gasteiger partial charge in [0.05, 0.1) is 0 Å². The van der Waals surface area contributed by atoms with Gasteiger partial charge in [0.2, 0.25) is 11.7 Å². The lowest BCUT2D eigenvalue weighted by Gasteiger charge is -1.86. The molecule has 0 saturated heterocycles. The molecule has 0 unspecified atom stereocenters. The molecule has 0 atom stereocenters. The first kappa shape index (κ1) is 7.94. The molecular formula is C7H5BrN2OS. The SMILES string of the molecule is Cc1nc(-c2cscc2Br)no1. The van der Waals surface area contributed by atoms with E-state index in [1.165, 1.54) is 0 Å². The lowest BCUT2D eigenvalue weighted by molar-refractivity contribution is 0.394. The molecule has 62 valence electrons. The summed E-state index contributed by atoms with van der Waals surface area (Å²) in [5.74, 6) is 1.23. The second-order valence-electron chi connectivity index (χ2n) is 2.27. The summed E-state index contributed by atoms with van der Waals surface area (Å²) in [6.45, 7) is 1.77. The predicted octanol–water partition coefficient (Wildman–Crippen LogP) is 2.87. The maximum atomic E-state index is 4.87. The van der Waals surface area contributed by atoms with E-state index < -0.39 is 0 Å². The normalized spacial score (nSPS) is 10.5. The van der Waals surface area contributed by atoms with E-state index in [2.05, 4.69) is 26.1 Å². The highest BCUT2D eigenvalue weighted by molar-refractivity contribution is 9.10. The van der Waals surface area contributed by atoms with Crippen LogP contribution in [0, 0.1) is 6.92 Å². The van der Waals surface area contributed by atoms with E-state index in [4.69, 9.17) is 4.52 Å². The van der Waals surface area contributed by atoms with Gasteiger partial charge < -0.3 is 4.52 Å². The Balaban J connectivity index is 2.50. The van der Waals surface area contributed by atoms with Crippen LogP contribution in [-0.2, 0) is 0 Å². The number of rotatable bonds is 1. The van der Waals surface area contributed by atoms with Crippen molar-refractivity contribution >= 4 is 27.3 Å². The minimum absolute atomic E-state index is 0.586. The molecule has 0 aliphatic rings. The molecule has 2 rings (SSSR count). The van der Waals surface area contributed by atoms with E-state index in [1.54, 1.807) is 18.3 Å². The average molecular weight is 245 g/mol. The molecule has 2 heterocycles. The van der Waals surface area contributed by atoms with Crippen molar-refractivity contribution in [3.8, 4) is 11.4 Å². The Kier molecular flexibility index (Phi) is 1.98. The first-order chi connectivity index (χ1) is 5.77. The number of thiophene rings is 1. The maximum Gasteiger partial charge on any atom is 0.223 e. The Labute approximate surface area is 81.5 Å². The number of aromatic nitrogens is 2. The molecule has 0 fully saturated rings. The highest BCUT2D eigenvalue weighted by Gasteiger charge is 2.09. The number of hydrogen-bond acceptors (Lipinski definition) is 4. The highest BCUT2D eigenvalue weighted by atomic mass is 79.9. The zero-order valence-electron chi connectivity index (χ0n) is 6.24. The first-order valence-electron chi connectivity index (χ1n) is 3.30. The summed E-state index contributed by atoms with van der Waals surface area (Å²) >= 11 is 5.00. The monoisotopic (exact) mass is 244 g/mol. The van der Waals surface area contributed by atoms with Crippen LogP contribution >= 0.6 is 27.3 Å². The molecule has 0 bridgehead atoms. The van der Waals surface area contributed by atoms with Crippen LogP contribution in [0.15, 0.2) is 19.8 Å². The number of halogens is 1. The predicted molar refractivity (Wildman–Crippen MR) is 50.0 cm³/mol. The van der Waals surface area contributed by atoms with Crippen molar-refractivity contribution in [1.82, 2.24) is 10.1 Å². The van der Waals surface area contributed by atoms with Crippen molar-refractivity contribution in [2.75, 3.05) is 0 Å². The Hall–Kier alpha value is -0.680. The number of nitrogens with zero attached hydrogens (tertiary/aromatic N) is 2. The molecule has 0 spiro atoms. The van der Waals surface area contributed by atoms with Crippen LogP contribution in [0.5, 0.6) is 0 Å². The van der Waals surface area contributed by atoms with Gasteiger partial charge in [-0.05, 0) is 15.9 Å². The zero-order chi connectivity index (χ0) is 8.55. The van der Waals surface area contributed by atoms with Crippen molar-refractivity contribution in [2.24, 2.45) is 0 Å². The van der Waals surface area contributed by atoms with Crippen molar-refractivity contribution in [3.63, 3.8) is 0 Å². The first-order valence-corrected chi connectivity index (χ1v) is 5.03. The Morgan fingerprint density at radius 2 is 2.33 bits per heavy atom. The van der Waals surface area contributed by atoms with Crippen LogP contribution in [0.4, 0.5) is 0 Å². The lowest BCUT2D eigenvalue weighted by atomic mass is 10.3. The van der Waals surface area contributed by atoms with E-state index in [9.17, 15) is 0 Å². The number of hydrogen-bond donors (Lipinski definition) is 0. The van der Waals surface area contributed by atoms with E-state index in [0.29, 0.717) is 11.7 Å². The third-order valence-electron chi connectivity index (χ3n) is 1.38. The minimum Gasteiger partial charge on any atom is -0.339 e. The molecule has 0 amide bonds. The largest absolute Gasteiger partial charge is 0.339 e. The van der Waals surface area contributed by atoms with Gasteiger partial charge in [0, 0.05) is 27.7 Å². The standard InChI is InChI=1S/C7H5BrN2OS/c1-4-9-7(10-11-4)5-2-12-3-6(5)8/h2-3H,1H3. The summed E-state index contributed by atoms with van der Waals surface area (Å²) in [4.78, 5) is 4.11. The summed E-state index contributed by atoms with van der Waals surface area (Å²) < 4.78 is 5.87. The average Bonchev–Trinajstić information content (AvgIpc) is 2.58. The minimum atomic E-state index is 0.586. The summed E-state index contributed by atoms with van der Waals surface area (Å²) in [6, 6.07) is 0. The van der Waals surface area contributed by atoms with Gasteiger partial charge in [-0.2, -0.15) is 16.3 Å². The Morgan fingerprint density at radius 1 is 1.50 bits per heavy atom. The van der Waals surface area contributed by atoms with Crippen LogP contribution in [0.1, 0.15) is 5.89 Å². The Morgan fingerprint density at radius 3 is 2.83 bits per heavy atom. The highest BCUT2D eigenvalue weighted by Crippen LogP contribution is 2.29. The van der Waals surface area contributed by atoms with Crippen LogP contribution < -0.4 is 0 Å². The second-order valence-corrected chi connectivity index (χ2v) is 3.87. The van der Waals surface area contributed by atoms with Gasteiger partial charge in [-0.25, -0.2) is 0 Å². The topological polar surface area (TPSA) is 38.9 Å². The van der Waals surface area contributed by atoms with Gasteiger partial charge >= 0.3 is 0 Å². The number of aryl methyl sites for hydroxylation is 1. The summed E-state index contributed by atoms with van der Waals surface area (Å²) in [5, 5.41) is 7.78. The smallest absolute Gasteiger partial charge is 0.223 e. The van der Waals surface area contributed by atoms with Crippen molar-refractivity contribution < 1.29 is 4.52 Å². The third-order valence-corrected chi connectivity index (χ3v) is 3.09. The van der Waals surface area contributed by atoms with Gasteiger partial charge in [0.15, 0.2) is 0 Å². The van der Waals surface area contributed by atoms with Gasteiger partial charge in [0.1, 0.15) is 0 Å². The molecule has 5 heteroatoms. The van der Waals surface area contributed by atoms with E-state index >= 15 is 0 Å². The fourth-order valence-electron chi connectivity index (χ4n) is 0.850. The van der Waals surface area contributed by atoms with Crippen LogP contribution in [-0.4, -0.2) is 10.1 Å². The third kappa shape index (κ3) is 1.30. The van der Waals surface area contributed by atoms with E-state index in [1.807, 2.05) is 10.8 Å². The second kappa shape index (κ2) is 2.99. The molecule has 2 aromatic heterocycles. The van der Waals surface area contributed by atoms with Crippen molar-refractivity contribution in [2.45, 2.75) is 6.92 Å². The summed E-state index contributed by atoms with van der Waals surface area (Å²) in [7, 11) is 0. The molecular weight excluding hydrogens is 240 g/mol. The lowest BCUT2D eigenvalue weighted by Crippen LogP contribution is -1.77. The van der Waals surface area contributed by atoms with Crippen LogP contribution in [0.25, 0.3) is 11.4 Å². The van der Waals surface area contributed by atoms with E-state index in [-0.39, 0.29) is 0 Å². The molecule has 12 heavy (non-hydrogen) atoms. The van der Waals surface area contributed by atoms with Crippen LogP contribution in [0.2, 0.25) is 0 Å². The Bertz CT molecular complexity index is 396. The summed E-state index contributed by atoms with van der Waals surface area (Å²) in [6.07, 6.45) is 0. The fourth-order valence-corrected chi connectivity index (χ4v) is 2.30. The van der Waals surface area contributed by atoms with Gasteiger partial charge in [-0.15, -0.1) is 0 Å². The molecule has 0 N–H and O–H groups in total. The molecule has 0 radical (unpaired) electrons. The van der Waals surface area contributed by atoms with Crippen molar-refractivity contribution in [3.05, 3.63) is 21.1 Å². The molecule has 2 aromatic rings. The van der Waals surface area contributed by atoms with Crippen molar-refractivity contribution in [1.29, 1.82) is 0 Å². The molecule has 0 aliphatic carbocycles. The van der Waals surface area contributed by atoms with Crippen LogP contribution in [0.3, 0.4) is 0 Å². The molecule has 0 saturated carbocycles. The summed E-state index contributed by atoms with van der Waals surface area (Å²) in [5.41, 5.74) is 0.983. The quantitative estimate of drug-likeness (QED) is 0.775. The fraction of sp³-hybridized carbons (Fsp3) is 0.143. The molecule has 3 nitrogen and oxygen atoms in total. The van der Waals surface area contributed by atoms with Gasteiger partial charge in [0.25, 0.3) is 0 Å². The maximum absolute atomic E-state index is 4.87. The van der Waals surface area contributed by atoms with Gasteiger partial charge in [-0.1, -0.05) is 5.16 Å².